The zero-order valence-corrected chi connectivity index (χ0v) is 14.4. The Kier molecular flexibility index (Phi) is 5.28. The van der Waals surface area contributed by atoms with Crippen molar-refractivity contribution in [1.82, 2.24) is 9.97 Å². The zero-order valence-electron chi connectivity index (χ0n) is 13.7. The topological polar surface area (TPSA) is 76.1 Å². The van der Waals surface area contributed by atoms with Gasteiger partial charge in [-0.25, -0.2) is 14.4 Å². The fourth-order valence-electron chi connectivity index (χ4n) is 2.17. The molecule has 132 valence electrons. The van der Waals surface area contributed by atoms with E-state index in [1.807, 2.05) is 0 Å². The van der Waals surface area contributed by atoms with Crippen molar-refractivity contribution in [2.45, 2.75) is 0 Å². The predicted octanol–water partition coefficient (Wildman–Crippen LogP) is 4.27. The highest BCUT2D eigenvalue weighted by Crippen LogP contribution is 2.28. The number of carbonyl (C=O) groups is 1. The number of amides is 1. The molecule has 2 N–H and O–H groups in total. The van der Waals surface area contributed by atoms with Crippen LogP contribution in [0.15, 0.2) is 54.7 Å². The molecule has 0 aliphatic heterocycles. The third-order valence-corrected chi connectivity index (χ3v) is 3.63. The minimum absolute atomic E-state index is 0.145. The van der Waals surface area contributed by atoms with E-state index >= 15 is 0 Å². The zero-order chi connectivity index (χ0) is 18.5. The molecule has 0 saturated carbocycles. The third kappa shape index (κ3) is 4.25. The number of aromatic nitrogens is 2. The van der Waals surface area contributed by atoms with E-state index < -0.39 is 5.91 Å². The van der Waals surface area contributed by atoms with Gasteiger partial charge in [0.15, 0.2) is 0 Å². The van der Waals surface area contributed by atoms with Crippen LogP contribution in [-0.4, -0.2) is 23.0 Å². The van der Waals surface area contributed by atoms with Crippen molar-refractivity contribution in [3.05, 3.63) is 71.3 Å². The summed E-state index contributed by atoms with van der Waals surface area (Å²) in [6, 6.07) is 12.1. The lowest BCUT2D eigenvalue weighted by Gasteiger charge is -2.11. The molecular weight excluding hydrogens is 359 g/mol. The molecule has 1 amide bonds. The van der Waals surface area contributed by atoms with Crippen LogP contribution in [0.5, 0.6) is 5.75 Å². The van der Waals surface area contributed by atoms with Crippen molar-refractivity contribution in [3.8, 4) is 5.75 Å². The first kappa shape index (κ1) is 17.6. The molecule has 0 aliphatic rings. The van der Waals surface area contributed by atoms with Crippen LogP contribution in [0, 0.1) is 5.82 Å². The molecule has 0 atom stereocenters. The van der Waals surface area contributed by atoms with Crippen molar-refractivity contribution in [3.63, 3.8) is 0 Å². The first-order chi connectivity index (χ1) is 12.5. The van der Waals surface area contributed by atoms with Crippen LogP contribution in [-0.2, 0) is 0 Å². The summed E-state index contributed by atoms with van der Waals surface area (Å²) in [5, 5.41) is 6.07. The van der Waals surface area contributed by atoms with Crippen LogP contribution < -0.4 is 15.4 Å². The maximum Gasteiger partial charge on any atom is 0.274 e. The molecule has 0 saturated heterocycles. The Morgan fingerprint density at radius 3 is 2.65 bits per heavy atom. The van der Waals surface area contributed by atoms with Crippen LogP contribution in [0.1, 0.15) is 10.5 Å². The van der Waals surface area contributed by atoms with E-state index in [-0.39, 0.29) is 17.5 Å². The summed E-state index contributed by atoms with van der Waals surface area (Å²) in [6.07, 6.45) is 1.45. The van der Waals surface area contributed by atoms with Crippen molar-refractivity contribution in [2.24, 2.45) is 0 Å². The van der Waals surface area contributed by atoms with Gasteiger partial charge in [0, 0.05) is 16.9 Å². The predicted molar refractivity (Wildman–Crippen MR) is 97.7 cm³/mol. The summed E-state index contributed by atoms with van der Waals surface area (Å²) in [6.45, 7) is 0. The van der Waals surface area contributed by atoms with Gasteiger partial charge < -0.3 is 15.4 Å². The molecular formula is C18H14ClFN4O2. The first-order valence-corrected chi connectivity index (χ1v) is 7.93. The summed E-state index contributed by atoms with van der Waals surface area (Å²) >= 11 is 5.96. The summed E-state index contributed by atoms with van der Waals surface area (Å²) < 4.78 is 18.2. The number of hydrogen-bond donors (Lipinski definition) is 2. The van der Waals surface area contributed by atoms with Crippen LogP contribution in [0.4, 0.5) is 21.7 Å². The Bertz CT molecular complexity index is 935. The highest BCUT2D eigenvalue weighted by molar-refractivity contribution is 6.31. The Morgan fingerprint density at radius 2 is 1.92 bits per heavy atom. The van der Waals surface area contributed by atoms with E-state index in [0.717, 1.165) is 0 Å². The van der Waals surface area contributed by atoms with Crippen LogP contribution in [0.3, 0.4) is 0 Å². The van der Waals surface area contributed by atoms with Crippen molar-refractivity contribution in [1.29, 1.82) is 0 Å². The molecule has 1 heterocycles. The molecule has 3 aromatic rings. The van der Waals surface area contributed by atoms with Gasteiger partial charge in [-0.1, -0.05) is 11.6 Å². The Labute approximate surface area is 154 Å². The van der Waals surface area contributed by atoms with Crippen LogP contribution in [0.2, 0.25) is 5.02 Å². The number of nitrogens with one attached hydrogen (secondary N) is 2. The van der Waals surface area contributed by atoms with Crippen molar-refractivity contribution in [2.75, 3.05) is 17.7 Å². The fraction of sp³-hybridized carbons (Fsp3) is 0.0556. The molecule has 8 heteroatoms. The van der Waals surface area contributed by atoms with Gasteiger partial charge in [-0.2, -0.15) is 0 Å². The number of hydrogen-bond acceptors (Lipinski definition) is 5. The van der Waals surface area contributed by atoms with Crippen LogP contribution in [0.25, 0.3) is 0 Å². The second-order valence-corrected chi connectivity index (χ2v) is 5.63. The van der Waals surface area contributed by atoms with E-state index in [0.29, 0.717) is 22.1 Å². The van der Waals surface area contributed by atoms with E-state index in [9.17, 15) is 9.18 Å². The molecule has 0 fully saturated rings. The summed E-state index contributed by atoms with van der Waals surface area (Å²) in [7, 11) is 1.49. The average molecular weight is 373 g/mol. The minimum atomic E-state index is -0.449. The Hall–Kier alpha value is -3.19. The number of anilines is 3. The SMILES string of the molecule is COc1ccc(Cl)cc1NC(=O)c1ccnc(Nc2ccc(F)cc2)n1. The monoisotopic (exact) mass is 372 g/mol. The molecule has 1 aromatic heterocycles. The van der Waals surface area contributed by atoms with Gasteiger partial charge >= 0.3 is 0 Å². The number of halogens is 2. The number of benzene rings is 2. The van der Waals surface area contributed by atoms with Gasteiger partial charge in [0.2, 0.25) is 5.95 Å². The second kappa shape index (κ2) is 7.79. The van der Waals surface area contributed by atoms with Gasteiger partial charge in [0.05, 0.1) is 12.8 Å². The number of methoxy groups -OCH3 is 1. The van der Waals surface area contributed by atoms with Crippen LogP contribution >= 0.6 is 11.6 Å². The molecule has 3 rings (SSSR count). The first-order valence-electron chi connectivity index (χ1n) is 7.55. The Morgan fingerprint density at radius 1 is 1.15 bits per heavy atom. The van der Waals surface area contributed by atoms with Gasteiger partial charge in [-0.15, -0.1) is 0 Å². The second-order valence-electron chi connectivity index (χ2n) is 5.20. The molecule has 6 nitrogen and oxygen atoms in total. The molecule has 0 aliphatic carbocycles. The largest absolute Gasteiger partial charge is 0.495 e. The average Bonchev–Trinajstić information content (AvgIpc) is 2.64. The summed E-state index contributed by atoms with van der Waals surface area (Å²) in [4.78, 5) is 20.7. The van der Waals surface area contributed by atoms with Gasteiger partial charge in [-0.05, 0) is 48.5 Å². The quantitative estimate of drug-likeness (QED) is 0.699. The molecule has 2 aromatic carbocycles. The molecule has 0 unspecified atom stereocenters. The minimum Gasteiger partial charge on any atom is -0.495 e. The fourth-order valence-corrected chi connectivity index (χ4v) is 2.34. The van der Waals surface area contributed by atoms with Crippen molar-refractivity contribution < 1.29 is 13.9 Å². The van der Waals surface area contributed by atoms with E-state index in [4.69, 9.17) is 16.3 Å². The molecule has 0 spiro atoms. The van der Waals surface area contributed by atoms with E-state index in [1.54, 1.807) is 30.3 Å². The number of nitrogens with zero attached hydrogens (tertiary/aromatic N) is 2. The van der Waals surface area contributed by atoms with Crippen molar-refractivity contribution >= 4 is 34.8 Å². The molecule has 0 bridgehead atoms. The Balaban J connectivity index is 1.78. The summed E-state index contributed by atoms with van der Waals surface area (Å²) in [5.74, 6) is -0.112. The number of carbonyl (C=O) groups excluding carboxylic acids is 1. The maximum absolute atomic E-state index is 13.0. The highest BCUT2D eigenvalue weighted by Gasteiger charge is 2.13. The van der Waals surface area contributed by atoms with Gasteiger partial charge in [-0.3, -0.25) is 4.79 Å². The number of ether oxygens (including phenoxy) is 1. The van der Waals surface area contributed by atoms with Gasteiger partial charge in [0.25, 0.3) is 5.91 Å². The lowest BCUT2D eigenvalue weighted by Crippen LogP contribution is -2.15. The third-order valence-electron chi connectivity index (χ3n) is 3.40. The summed E-state index contributed by atoms with van der Waals surface area (Å²) in [5.41, 5.74) is 1.17. The van der Waals surface area contributed by atoms with E-state index in [1.165, 1.54) is 31.5 Å². The molecule has 26 heavy (non-hydrogen) atoms. The smallest absolute Gasteiger partial charge is 0.274 e. The maximum atomic E-state index is 13.0. The standard InChI is InChI=1S/C18H14ClFN4O2/c1-26-16-7-2-11(19)10-15(16)23-17(25)14-8-9-21-18(24-14)22-13-5-3-12(20)4-6-13/h2-10H,1H3,(H,23,25)(H,21,22,24). The van der Waals surface area contributed by atoms with Gasteiger partial charge in [0.1, 0.15) is 17.3 Å². The normalized spacial score (nSPS) is 10.3. The molecule has 0 radical (unpaired) electrons. The van der Waals surface area contributed by atoms with E-state index in [2.05, 4.69) is 20.6 Å². The lowest BCUT2D eigenvalue weighted by molar-refractivity contribution is 0.102. The lowest BCUT2D eigenvalue weighted by atomic mass is 10.2. The highest BCUT2D eigenvalue weighted by atomic mass is 35.5. The number of rotatable bonds is 5.